The molecule has 1 aromatic carbocycles. The average molecular weight is 642 g/mol. The van der Waals surface area contributed by atoms with Crippen molar-refractivity contribution < 1.29 is 28.6 Å². The number of nitrogens with one attached hydrogen (secondary N) is 1. The number of hydrogen-bond acceptors (Lipinski definition) is 9. The molecule has 0 radical (unpaired) electrons. The van der Waals surface area contributed by atoms with Crippen LogP contribution in [0.3, 0.4) is 0 Å². The topological polar surface area (TPSA) is 131 Å². The Hall–Kier alpha value is -4.10. The number of halogens is 1. The van der Waals surface area contributed by atoms with Gasteiger partial charge in [0.15, 0.2) is 5.69 Å². The lowest BCUT2D eigenvalue weighted by Crippen LogP contribution is -2.43. The zero-order valence-electron chi connectivity index (χ0n) is 26.6. The lowest BCUT2D eigenvalue weighted by molar-refractivity contribution is -0.134. The normalized spacial score (nSPS) is 15.8. The molecule has 45 heavy (non-hydrogen) atoms. The highest BCUT2D eigenvalue weighted by Crippen LogP contribution is 2.41. The Morgan fingerprint density at radius 2 is 1.84 bits per heavy atom. The van der Waals surface area contributed by atoms with Gasteiger partial charge in [-0.15, -0.1) is 0 Å². The second-order valence-electron chi connectivity index (χ2n) is 12.4. The second kappa shape index (κ2) is 13.1. The number of aromatic nitrogens is 3. The predicted molar refractivity (Wildman–Crippen MR) is 170 cm³/mol. The first kappa shape index (κ1) is 32.3. The van der Waals surface area contributed by atoms with Crippen LogP contribution < -0.4 is 19.7 Å². The first-order valence-electron chi connectivity index (χ1n) is 15.0. The van der Waals surface area contributed by atoms with Gasteiger partial charge in [0.05, 0.1) is 30.2 Å². The molecule has 0 spiro atoms. The zero-order valence-corrected chi connectivity index (χ0v) is 27.3. The second-order valence-corrected chi connectivity index (χ2v) is 12.7. The fourth-order valence-electron chi connectivity index (χ4n) is 5.58. The number of anilines is 1. The molecule has 5 rings (SSSR count). The molecule has 1 saturated heterocycles. The SMILES string of the molecule is COc1cc2c(cc1-n1nc(C(=O)NCCN3CCC(C(=O)N(C)C)CC3)c3cnc(Cl)cc31)OCCN2C(=O)OC(C)(C)C. The molecule has 242 valence electrons. The third-order valence-corrected chi connectivity index (χ3v) is 8.01. The van der Waals surface area contributed by atoms with Gasteiger partial charge in [-0.25, -0.2) is 14.5 Å². The Morgan fingerprint density at radius 3 is 2.51 bits per heavy atom. The van der Waals surface area contributed by atoms with Crippen molar-refractivity contribution in [1.82, 2.24) is 29.9 Å². The van der Waals surface area contributed by atoms with Crippen molar-refractivity contribution >= 4 is 46.1 Å². The average Bonchev–Trinajstić information content (AvgIpc) is 3.37. The summed E-state index contributed by atoms with van der Waals surface area (Å²) in [6, 6.07) is 5.05. The van der Waals surface area contributed by atoms with Gasteiger partial charge in [-0.2, -0.15) is 5.10 Å². The van der Waals surface area contributed by atoms with Crippen LogP contribution >= 0.6 is 11.6 Å². The number of ether oxygens (including phenoxy) is 3. The zero-order chi connectivity index (χ0) is 32.5. The van der Waals surface area contributed by atoms with Crippen molar-refractivity contribution in [3.05, 3.63) is 35.2 Å². The molecular formula is C31H40ClN7O6. The van der Waals surface area contributed by atoms with Crippen LogP contribution in [-0.4, -0.2) is 109 Å². The molecule has 4 heterocycles. The largest absolute Gasteiger partial charge is 0.494 e. The number of likely N-dealkylation sites (tertiary alicyclic amines) is 1. The van der Waals surface area contributed by atoms with E-state index in [1.807, 2.05) is 20.8 Å². The maximum absolute atomic E-state index is 13.4. The van der Waals surface area contributed by atoms with E-state index in [1.54, 1.807) is 41.9 Å². The highest BCUT2D eigenvalue weighted by atomic mass is 35.5. The summed E-state index contributed by atoms with van der Waals surface area (Å²) < 4.78 is 18.8. The van der Waals surface area contributed by atoms with E-state index in [4.69, 9.17) is 25.8 Å². The lowest BCUT2D eigenvalue weighted by Gasteiger charge is -2.32. The van der Waals surface area contributed by atoms with Gasteiger partial charge in [-0.05, 0) is 46.7 Å². The molecule has 2 aromatic heterocycles. The fraction of sp³-hybridized carbons (Fsp3) is 0.516. The molecule has 0 aliphatic carbocycles. The molecule has 2 aliphatic heterocycles. The molecule has 0 bridgehead atoms. The summed E-state index contributed by atoms with van der Waals surface area (Å²) in [6.45, 7) is 8.67. The number of amides is 3. The highest BCUT2D eigenvalue weighted by molar-refractivity contribution is 6.30. The number of rotatable bonds is 7. The Kier molecular flexibility index (Phi) is 9.40. The van der Waals surface area contributed by atoms with Crippen LogP contribution in [0.4, 0.5) is 10.5 Å². The van der Waals surface area contributed by atoms with E-state index < -0.39 is 11.7 Å². The maximum Gasteiger partial charge on any atom is 0.415 e. The smallest absolute Gasteiger partial charge is 0.415 e. The molecule has 0 unspecified atom stereocenters. The standard InChI is InChI=1S/C31H40ClN7O6/c1-31(2,3)45-30(42)38-13-14-44-25-16-23(24(43-6)15-22(25)38)39-21-17-26(32)34-18-20(21)27(35-39)28(40)33-9-12-37-10-7-19(8-11-37)29(41)36(4)5/h15-19H,7-14H2,1-6H3,(H,33,40). The monoisotopic (exact) mass is 641 g/mol. The van der Waals surface area contributed by atoms with E-state index in [1.165, 1.54) is 18.2 Å². The van der Waals surface area contributed by atoms with Crippen LogP contribution in [0.1, 0.15) is 44.1 Å². The number of hydrogen-bond donors (Lipinski definition) is 1. The van der Waals surface area contributed by atoms with E-state index >= 15 is 0 Å². The minimum Gasteiger partial charge on any atom is -0.494 e. The van der Waals surface area contributed by atoms with Gasteiger partial charge in [0.1, 0.15) is 34.5 Å². The summed E-state index contributed by atoms with van der Waals surface area (Å²) in [5, 5.41) is 8.40. The van der Waals surface area contributed by atoms with Crippen LogP contribution in [0.5, 0.6) is 11.5 Å². The van der Waals surface area contributed by atoms with Crippen LogP contribution in [0.25, 0.3) is 16.6 Å². The van der Waals surface area contributed by atoms with E-state index in [0.29, 0.717) is 53.4 Å². The Morgan fingerprint density at radius 1 is 1.11 bits per heavy atom. The molecule has 1 fully saturated rings. The minimum absolute atomic E-state index is 0.0480. The molecule has 3 aromatic rings. The number of benzene rings is 1. The first-order valence-corrected chi connectivity index (χ1v) is 15.4. The van der Waals surface area contributed by atoms with Gasteiger partial charge in [0.25, 0.3) is 5.91 Å². The number of methoxy groups -OCH3 is 1. The molecule has 14 heteroatoms. The van der Waals surface area contributed by atoms with E-state index in [9.17, 15) is 14.4 Å². The van der Waals surface area contributed by atoms with Crippen molar-refractivity contribution in [2.24, 2.45) is 5.92 Å². The van der Waals surface area contributed by atoms with Gasteiger partial charge in [0, 0.05) is 57.5 Å². The highest BCUT2D eigenvalue weighted by Gasteiger charge is 2.31. The van der Waals surface area contributed by atoms with Crippen LogP contribution in [-0.2, 0) is 9.53 Å². The Labute approximate surface area is 267 Å². The third-order valence-electron chi connectivity index (χ3n) is 7.80. The summed E-state index contributed by atoms with van der Waals surface area (Å²) in [6.07, 6.45) is 2.63. The lowest BCUT2D eigenvalue weighted by atomic mass is 9.95. The van der Waals surface area contributed by atoms with Crippen molar-refractivity contribution in [3.63, 3.8) is 0 Å². The molecular weight excluding hydrogens is 602 g/mol. The summed E-state index contributed by atoms with van der Waals surface area (Å²) in [5.41, 5.74) is 1.05. The van der Waals surface area contributed by atoms with Crippen molar-refractivity contribution in [1.29, 1.82) is 0 Å². The Bertz CT molecular complexity index is 1590. The van der Waals surface area contributed by atoms with Crippen molar-refractivity contribution in [2.45, 2.75) is 39.2 Å². The third kappa shape index (κ3) is 7.09. The summed E-state index contributed by atoms with van der Waals surface area (Å²) in [4.78, 5) is 48.3. The Balaban J connectivity index is 1.37. The van der Waals surface area contributed by atoms with Gasteiger partial charge in [-0.1, -0.05) is 11.6 Å². The fourth-order valence-corrected chi connectivity index (χ4v) is 5.74. The molecule has 0 atom stereocenters. The van der Waals surface area contributed by atoms with Crippen LogP contribution in [0.15, 0.2) is 24.4 Å². The van der Waals surface area contributed by atoms with Crippen LogP contribution in [0, 0.1) is 5.92 Å². The van der Waals surface area contributed by atoms with E-state index in [2.05, 4.69) is 20.3 Å². The van der Waals surface area contributed by atoms with Crippen molar-refractivity contribution in [3.8, 4) is 17.2 Å². The summed E-state index contributed by atoms with van der Waals surface area (Å²) in [7, 11) is 5.09. The van der Waals surface area contributed by atoms with E-state index in [0.717, 1.165) is 25.9 Å². The number of carbonyl (C=O) groups excluding carboxylic acids is 3. The number of fused-ring (bicyclic) bond motifs is 2. The predicted octanol–water partition coefficient (Wildman–Crippen LogP) is 3.75. The maximum atomic E-state index is 13.4. The molecule has 13 nitrogen and oxygen atoms in total. The van der Waals surface area contributed by atoms with Gasteiger partial charge >= 0.3 is 6.09 Å². The number of pyridine rings is 1. The van der Waals surface area contributed by atoms with Gasteiger partial charge in [-0.3, -0.25) is 14.5 Å². The number of piperidine rings is 1. The summed E-state index contributed by atoms with van der Waals surface area (Å²) in [5.74, 6) is 0.695. The minimum atomic E-state index is -0.666. The van der Waals surface area contributed by atoms with Gasteiger partial charge < -0.3 is 29.3 Å². The quantitative estimate of drug-likeness (QED) is 0.383. The van der Waals surface area contributed by atoms with Crippen LogP contribution in [0.2, 0.25) is 5.15 Å². The molecule has 3 amide bonds. The number of carbonyl (C=O) groups is 3. The van der Waals surface area contributed by atoms with Crippen molar-refractivity contribution in [2.75, 3.05) is 65.4 Å². The first-order chi connectivity index (χ1) is 21.4. The van der Waals surface area contributed by atoms with Gasteiger partial charge in [0.2, 0.25) is 5.91 Å². The molecule has 0 saturated carbocycles. The van der Waals surface area contributed by atoms with E-state index in [-0.39, 0.29) is 35.2 Å². The molecule has 2 aliphatic rings. The molecule has 1 N–H and O–H groups in total. The summed E-state index contributed by atoms with van der Waals surface area (Å²) >= 11 is 6.28. The number of nitrogens with zero attached hydrogens (tertiary/aromatic N) is 6.